The van der Waals surface area contributed by atoms with Crippen LogP contribution in [0.15, 0.2) is 48.1 Å². The molecule has 1 unspecified atom stereocenters. The van der Waals surface area contributed by atoms with Gasteiger partial charge in [-0.3, -0.25) is 4.79 Å². The molecule has 2 heterocycles. The number of rotatable bonds is 6. The molecule has 2 aromatic rings. The van der Waals surface area contributed by atoms with E-state index < -0.39 is 5.60 Å². The van der Waals surface area contributed by atoms with E-state index in [1.165, 1.54) is 5.57 Å². The first-order valence-electron chi connectivity index (χ1n) is 11.5. The molecular formula is C28H32O4. The van der Waals surface area contributed by atoms with Gasteiger partial charge in [0.05, 0.1) is 12.0 Å². The van der Waals surface area contributed by atoms with Gasteiger partial charge in [-0.05, 0) is 69.9 Å². The molecule has 4 heteroatoms. The summed E-state index contributed by atoms with van der Waals surface area (Å²) in [6.45, 7) is 8.42. The molecule has 4 rings (SSSR count). The van der Waals surface area contributed by atoms with Gasteiger partial charge >= 0.3 is 0 Å². The van der Waals surface area contributed by atoms with Gasteiger partial charge in [0, 0.05) is 11.1 Å². The van der Waals surface area contributed by atoms with E-state index in [1.54, 1.807) is 12.1 Å². The lowest BCUT2D eigenvalue weighted by molar-refractivity contribution is 0.0845. The Morgan fingerprint density at radius 1 is 1.22 bits per heavy atom. The largest absolute Gasteiger partial charge is 0.508 e. The zero-order valence-electron chi connectivity index (χ0n) is 19.4. The van der Waals surface area contributed by atoms with Crippen molar-refractivity contribution < 1.29 is 19.4 Å². The van der Waals surface area contributed by atoms with Crippen LogP contribution in [0.4, 0.5) is 0 Å². The van der Waals surface area contributed by atoms with Crippen molar-refractivity contribution in [2.24, 2.45) is 0 Å². The lowest BCUT2D eigenvalue weighted by Gasteiger charge is -2.33. The van der Waals surface area contributed by atoms with Crippen LogP contribution in [-0.2, 0) is 6.42 Å². The number of phenols is 1. The van der Waals surface area contributed by atoms with Gasteiger partial charge < -0.3 is 14.6 Å². The number of ether oxygens (including phenoxy) is 2. The molecule has 0 aromatic heterocycles. The molecule has 2 aliphatic rings. The summed E-state index contributed by atoms with van der Waals surface area (Å²) < 4.78 is 12.9. The van der Waals surface area contributed by atoms with Crippen molar-refractivity contribution in [3.63, 3.8) is 0 Å². The third-order valence-corrected chi connectivity index (χ3v) is 6.16. The molecule has 0 bridgehead atoms. The SMILES string of the molecule is CCCC/C(C)=C\Cc1c2c(cc3c1OC(c1ccc(O)cc1)CC3=O)C=CC(C)(C)O2. The second-order valence-electron chi connectivity index (χ2n) is 9.37. The summed E-state index contributed by atoms with van der Waals surface area (Å²) in [5.74, 6) is 1.69. The number of fused-ring (bicyclic) bond motifs is 2. The highest BCUT2D eigenvalue weighted by atomic mass is 16.5. The fraction of sp³-hybridized carbons (Fsp3) is 0.393. The summed E-state index contributed by atoms with van der Waals surface area (Å²) >= 11 is 0. The van der Waals surface area contributed by atoms with Crippen LogP contribution < -0.4 is 9.47 Å². The number of allylic oxidation sites excluding steroid dienone is 2. The summed E-state index contributed by atoms with van der Waals surface area (Å²) in [4.78, 5) is 13.2. The minimum absolute atomic E-state index is 0.0679. The predicted molar refractivity (Wildman–Crippen MR) is 128 cm³/mol. The van der Waals surface area contributed by atoms with Crippen LogP contribution in [0.2, 0.25) is 0 Å². The molecule has 0 amide bonds. The Kier molecular flexibility index (Phi) is 6.14. The molecule has 1 atom stereocenters. The van der Waals surface area contributed by atoms with Crippen LogP contribution in [0.3, 0.4) is 0 Å². The van der Waals surface area contributed by atoms with E-state index in [2.05, 4.69) is 26.0 Å². The average Bonchev–Trinajstić information content (AvgIpc) is 2.75. The molecular weight excluding hydrogens is 400 g/mol. The van der Waals surface area contributed by atoms with E-state index >= 15 is 0 Å². The Bertz CT molecular complexity index is 1070. The van der Waals surface area contributed by atoms with Crippen molar-refractivity contribution in [2.45, 2.75) is 71.5 Å². The highest BCUT2D eigenvalue weighted by Crippen LogP contribution is 2.46. The molecule has 0 saturated heterocycles. The number of ketones is 1. The van der Waals surface area contributed by atoms with Crippen molar-refractivity contribution in [3.05, 3.63) is 70.3 Å². The summed E-state index contributed by atoms with van der Waals surface area (Å²) in [5, 5.41) is 9.64. The first kappa shape index (κ1) is 22.2. The van der Waals surface area contributed by atoms with Crippen molar-refractivity contribution >= 4 is 11.9 Å². The number of carbonyl (C=O) groups excluding carboxylic acids is 1. The fourth-order valence-electron chi connectivity index (χ4n) is 4.26. The van der Waals surface area contributed by atoms with Gasteiger partial charge in [-0.2, -0.15) is 0 Å². The fourth-order valence-corrected chi connectivity index (χ4v) is 4.26. The number of aromatic hydroxyl groups is 1. The first-order chi connectivity index (χ1) is 15.3. The number of hydrogen-bond acceptors (Lipinski definition) is 4. The van der Waals surface area contributed by atoms with Crippen molar-refractivity contribution in [1.82, 2.24) is 0 Å². The Labute approximate surface area is 190 Å². The minimum atomic E-state index is -0.425. The molecule has 0 aliphatic carbocycles. The van der Waals surface area contributed by atoms with Gasteiger partial charge in [0.2, 0.25) is 0 Å². The number of carbonyl (C=O) groups is 1. The van der Waals surface area contributed by atoms with Crippen LogP contribution in [0.1, 0.15) is 86.5 Å². The number of Topliss-reactive ketones (excluding diaryl/α,β-unsaturated/α-hetero) is 1. The lowest BCUT2D eigenvalue weighted by Crippen LogP contribution is -2.29. The standard InChI is InChI=1S/C28H32O4/c1-5-6-7-18(2)8-13-22-26-20(14-15-28(3,4)32-26)16-23-24(30)17-25(31-27(22)23)19-9-11-21(29)12-10-19/h8-12,14-16,25,29H,5-7,13,17H2,1-4H3/b18-8-. The summed E-state index contributed by atoms with van der Waals surface area (Å²) in [6.07, 6.45) is 10.3. The van der Waals surface area contributed by atoms with Crippen LogP contribution >= 0.6 is 0 Å². The van der Waals surface area contributed by atoms with Crippen molar-refractivity contribution in [3.8, 4) is 17.2 Å². The van der Waals surface area contributed by atoms with E-state index in [0.717, 1.165) is 41.7 Å². The third-order valence-electron chi connectivity index (χ3n) is 6.16. The maximum absolute atomic E-state index is 13.2. The van der Waals surface area contributed by atoms with Gasteiger partial charge in [-0.25, -0.2) is 0 Å². The summed E-state index contributed by atoms with van der Waals surface area (Å²) in [7, 11) is 0. The molecule has 4 nitrogen and oxygen atoms in total. The Morgan fingerprint density at radius 3 is 2.69 bits per heavy atom. The Balaban J connectivity index is 1.78. The van der Waals surface area contributed by atoms with Crippen LogP contribution in [0.5, 0.6) is 17.2 Å². The molecule has 32 heavy (non-hydrogen) atoms. The van der Waals surface area contributed by atoms with E-state index in [9.17, 15) is 9.90 Å². The van der Waals surface area contributed by atoms with E-state index in [1.807, 2.05) is 38.1 Å². The van der Waals surface area contributed by atoms with Crippen LogP contribution in [0.25, 0.3) is 6.08 Å². The molecule has 0 radical (unpaired) electrons. The monoisotopic (exact) mass is 432 g/mol. The summed E-state index contributed by atoms with van der Waals surface area (Å²) in [6, 6.07) is 8.79. The number of benzene rings is 2. The van der Waals surface area contributed by atoms with Crippen LogP contribution in [-0.4, -0.2) is 16.5 Å². The molecule has 168 valence electrons. The van der Waals surface area contributed by atoms with E-state index in [0.29, 0.717) is 17.7 Å². The number of hydrogen-bond donors (Lipinski definition) is 1. The van der Waals surface area contributed by atoms with E-state index in [4.69, 9.17) is 9.47 Å². The first-order valence-corrected chi connectivity index (χ1v) is 11.5. The third kappa shape index (κ3) is 4.59. The normalized spacial score (nSPS) is 19.1. The maximum Gasteiger partial charge on any atom is 0.170 e. The molecule has 0 fully saturated rings. The zero-order valence-corrected chi connectivity index (χ0v) is 19.4. The minimum Gasteiger partial charge on any atom is -0.508 e. The molecule has 2 aromatic carbocycles. The number of unbranched alkanes of at least 4 members (excludes halogenated alkanes) is 1. The second kappa shape index (κ2) is 8.85. The van der Waals surface area contributed by atoms with Crippen LogP contribution in [0, 0.1) is 0 Å². The lowest BCUT2D eigenvalue weighted by atomic mass is 9.89. The quantitative estimate of drug-likeness (QED) is 0.501. The topological polar surface area (TPSA) is 55.8 Å². The number of phenolic OH excluding ortho intramolecular Hbond substituents is 1. The predicted octanol–water partition coefficient (Wildman–Crippen LogP) is 6.96. The summed E-state index contributed by atoms with van der Waals surface area (Å²) in [5.41, 5.74) is 4.27. The maximum atomic E-state index is 13.2. The molecule has 2 aliphatic heterocycles. The Hall–Kier alpha value is -3.01. The van der Waals surface area contributed by atoms with Crippen molar-refractivity contribution in [1.29, 1.82) is 0 Å². The van der Waals surface area contributed by atoms with E-state index in [-0.39, 0.29) is 24.1 Å². The van der Waals surface area contributed by atoms with Gasteiger partial charge in [-0.1, -0.05) is 43.2 Å². The highest BCUT2D eigenvalue weighted by molar-refractivity contribution is 6.01. The highest BCUT2D eigenvalue weighted by Gasteiger charge is 2.34. The van der Waals surface area contributed by atoms with Gasteiger partial charge in [0.25, 0.3) is 0 Å². The van der Waals surface area contributed by atoms with Crippen molar-refractivity contribution in [2.75, 3.05) is 0 Å². The Morgan fingerprint density at radius 2 is 1.97 bits per heavy atom. The second-order valence-corrected chi connectivity index (χ2v) is 9.37. The van der Waals surface area contributed by atoms with Gasteiger partial charge in [-0.15, -0.1) is 0 Å². The molecule has 0 saturated carbocycles. The van der Waals surface area contributed by atoms with Gasteiger partial charge in [0.15, 0.2) is 5.78 Å². The smallest absolute Gasteiger partial charge is 0.170 e. The zero-order chi connectivity index (χ0) is 22.9. The average molecular weight is 433 g/mol. The van der Waals surface area contributed by atoms with Gasteiger partial charge in [0.1, 0.15) is 29.0 Å². The molecule has 1 N–H and O–H groups in total. The molecule has 0 spiro atoms.